The van der Waals surface area contributed by atoms with Gasteiger partial charge in [0.15, 0.2) is 17.5 Å². The number of rotatable bonds is 5. The fourth-order valence-electron chi connectivity index (χ4n) is 6.35. The number of aromatic nitrogens is 4. The summed E-state index contributed by atoms with van der Waals surface area (Å²) in [6.45, 7) is 4.47. The van der Waals surface area contributed by atoms with Gasteiger partial charge >= 0.3 is 0 Å². The van der Waals surface area contributed by atoms with E-state index in [-0.39, 0.29) is 0 Å². The van der Waals surface area contributed by atoms with Crippen LogP contribution in [0.5, 0.6) is 0 Å². The Hall–Kier alpha value is -5.61. The summed E-state index contributed by atoms with van der Waals surface area (Å²) in [5.74, 6) is 2.54. The third-order valence-electron chi connectivity index (χ3n) is 8.68. The Morgan fingerprint density at radius 2 is 1.09 bits per heavy atom. The van der Waals surface area contributed by atoms with Crippen LogP contribution in [-0.4, -0.2) is 19.5 Å². The molecule has 0 N–H and O–H groups in total. The van der Waals surface area contributed by atoms with Gasteiger partial charge in [-0.3, -0.25) is 0 Å². The summed E-state index contributed by atoms with van der Waals surface area (Å²) in [5, 5.41) is 1.37. The van der Waals surface area contributed by atoms with Crippen molar-refractivity contribution in [3.05, 3.63) is 150 Å². The predicted octanol–water partition coefficient (Wildman–Crippen LogP) is 10.00. The Bertz CT molecular complexity index is 2120. The molecule has 45 heavy (non-hydrogen) atoms. The molecule has 0 fully saturated rings. The van der Waals surface area contributed by atoms with Crippen LogP contribution in [0.1, 0.15) is 23.7 Å². The summed E-state index contributed by atoms with van der Waals surface area (Å²) in [5.41, 5.74) is 11.7. The molecule has 8 rings (SSSR count). The van der Waals surface area contributed by atoms with Crippen molar-refractivity contribution in [2.45, 2.75) is 20.3 Å². The molecule has 216 valence electrons. The highest BCUT2D eigenvalue weighted by atomic mass is 15.0. The molecule has 0 radical (unpaired) electrons. The van der Waals surface area contributed by atoms with Crippen molar-refractivity contribution >= 4 is 17.0 Å². The second-order valence-corrected chi connectivity index (χ2v) is 11.9. The zero-order valence-electron chi connectivity index (χ0n) is 25.4. The lowest BCUT2D eigenvalue weighted by atomic mass is 9.93. The maximum atomic E-state index is 4.88. The molecule has 4 heteroatoms. The van der Waals surface area contributed by atoms with E-state index in [0.29, 0.717) is 23.4 Å². The smallest absolute Gasteiger partial charge is 0.164 e. The maximum Gasteiger partial charge on any atom is 0.164 e. The summed E-state index contributed by atoms with van der Waals surface area (Å²) in [6, 6.07) is 44.4. The number of nitrogens with zero attached hydrogens (tertiary/aromatic N) is 4. The summed E-state index contributed by atoms with van der Waals surface area (Å²) in [6.07, 6.45) is 5.71. The van der Waals surface area contributed by atoms with Crippen LogP contribution in [0.2, 0.25) is 0 Å². The molecule has 5 aromatic carbocycles. The largest absolute Gasteiger partial charge is 0.310 e. The number of benzene rings is 5. The molecule has 0 spiro atoms. The van der Waals surface area contributed by atoms with Gasteiger partial charge in [-0.1, -0.05) is 122 Å². The molecule has 0 saturated heterocycles. The van der Waals surface area contributed by atoms with Crippen molar-refractivity contribution in [1.82, 2.24) is 19.5 Å². The Balaban J connectivity index is 1.14. The third-order valence-corrected chi connectivity index (χ3v) is 8.68. The molecule has 1 aliphatic rings. The van der Waals surface area contributed by atoms with Gasteiger partial charge in [0.1, 0.15) is 0 Å². The van der Waals surface area contributed by atoms with Gasteiger partial charge in [0.2, 0.25) is 0 Å². The molecule has 0 saturated carbocycles. The van der Waals surface area contributed by atoms with E-state index in [1.54, 1.807) is 0 Å². The Morgan fingerprint density at radius 1 is 0.578 bits per heavy atom. The van der Waals surface area contributed by atoms with E-state index >= 15 is 0 Å². The van der Waals surface area contributed by atoms with Gasteiger partial charge in [-0.2, -0.15) is 0 Å². The van der Waals surface area contributed by atoms with E-state index < -0.39 is 0 Å². The molecule has 2 aromatic heterocycles. The number of hydrogen-bond acceptors (Lipinski definition) is 3. The van der Waals surface area contributed by atoms with Crippen LogP contribution in [-0.2, 0) is 6.42 Å². The topological polar surface area (TPSA) is 43.6 Å². The first-order chi connectivity index (χ1) is 22.1. The van der Waals surface area contributed by atoms with E-state index in [1.165, 1.54) is 39.0 Å². The highest BCUT2D eigenvalue weighted by Crippen LogP contribution is 2.36. The van der Waals surface area contributed by atoms with Crippen LogP contribution in [0, 0.1) is 12.8 Å². The minimum absolute atomic E-state index is 0.551. The van der Waals surface area contributed by atoms with Gasteiger partial charge in [-0.05, 0) is 66.3 Å². The first-order valence-electron chi connectivity index (χ1n) is 15.5. The van der Waals surface area contributed by atoms with E-state index in [0.717, 1.165) is 28.7 Å². The first-order valence-corrected chi connectivity index (χ1v) is 15.5. The summed E-state index contributed by atoms with van der Waals surface area (Å²) in [7, 11) is 0. The second-order valence-electron chi connectivity index (χ2n) is 11.9. The Kier molecular flexibility index (Phi) is 6.68. The number of hydrogen-bond donors (Lipinski definition) is 0. The van der Waals surface area contributed by atoms with Crippen molar-refractivity contribution in [3.63, 3.8) is 0 Å². The summed E-state index contributed by atoms with van der Waals surface area (Å²) < 4.78 is 2.41. The van der Waals surface area contributed by atoms with Crippen LogP contribution in [0.15, 0.2) is 133 Å². The van der Waals surface area contributed by atoms with Crippen molar-refractivity contribution in [2.75, 3.05) is 0 Å². The van der Waals surface area contributed by atoms with Crippen molar-refractivity contribution in [1.29, 1.82) is 0 Å². The molecular weight excluding hydrogens is 548 g/mol. The summed E-state index contributed by atoms with van der Waals surface area (Å²) >= 11 is 0. The number of aryl methyl sites for hydroxylation is 1. The monoisotopic (exact) mass is 580 g/mol. The molecule has 0 aliphatic heterocycles. The second kappa shape index (κ2) is 11.1. The van der Waals surface area contributed by atoms with E-state index in [9.17, 15) is 0 Å². The van der Waals surface area contributed by atoms with Gasteiger partial charge in [-0.15, -0.1) is 0 Å². The maximum absolute atomic E-state index is 4.88. The number of fused-ring (bicyclic) bond motifs is 3. The zero-order chi connectivity index (χ0) is 30.3. The zero-order valence-corrected chi connectivity index (χ0v) is 25.4. The third kappa shape index (κ3) is 5.04. The average Bonchev–Trinajstić information content (AvgIpc) is 3.41. The normalized spacial score (nSPS) is 14.0. The molecular formula is C41H32N4. The van der Waals surface area contributed by atoms with Crippen molar-refractivity contribution in [3.8, 4) is 51.0 Å². The standard InChI is InChI=1S/C41H32N4/c1-27-13-23-37-35(25-27)36-26-28(2)14-24-38(36)45(37)34-21-19-30(20-22-34)29-15-17-33(18-16-29)41-43-39(31-9-5-3-6-10-31)42-40(44-41)32-11-7-4-8-12-32/h3-25,28H,26H2,1-2H3. The summed E-state index contributed by atoms with van der Waals surface area (Å²) in [4.78, 5) is 14.6. The van der Waals surface area contributed by atoms with E-state index in [2.05, 4.69) is 97.3 Å². The fourth-order valence-corrected chi connectivity index (χ4v) is 6.35. The van der Waals surface area contributed by atoms with Crippen LogP contribution in [0.4, 0.5) is 0 Å². The predicted molar refractivity (Wildman–Crippen MR) is 185 cm³/mol. The number of allylic oxidation sites excluding steroid dienone is 1. The molecule has 2 heterocycles. The highest BCUT2D eigenvalue weighted by molar-refractivity contribution is 5.91. The van der Waals surface area contributed by atoms with Gasteiger partial charge in [0.05, 0.1) is 5.52 Å². The minimum Gasteiger partial charge on any atom is -0.310 e. The van der Waals surface area contributed by atoms with Crippen LogP contribution in [0.25, 0.3) is 68.0 Å². The van der Waals surface area contributed by atoms with Crippen molar-refractivity contribution < 1.29 is 0 Å². The van der Waals surface area contributed by atoms with Gasteiger partial charge in [0.25, 0.3) is 0 Å². The molecule has 1 atom stereocenters. The molecule has 7 aromatic rings. The van der Waals surface area contributed by atoms with Crippen LogP contribution in [0.3, 0.4) is 0 Å². The lowest BCUT2D eigenvalue weighted by Gasteiger charge is -2.16. The van der Waals surface area contributed by atoms with E-state index in [4.69, 9.17) is 15.0 Å². The first kappa shape index (κ1) is 27.0. The minimum atomic E-state index is 0.551. The highest BCUT2D eigenvalue weighted by Gasteiger charge is 2.21. The molecule has 1 unspecified atom stereocenters. The molecule has 0 amide bonds. The average molecular weight is 581 g/mol. The fraction of sp³-hybridized carbons (Fsp3) is 0.0976. The van der Waals surface area contributed by atoms with Crippen LogP contribution >= 0.6 is 0 Å². The van der Waals surface area contributed by atoms with Gasteiger partial charge in [-0.25, -0.2) is 15.0 Å². The molecule has 4 nitrogen and oxygen atoms in total. The van der Waals surface area contributed by atoms with E-state index in [1.807, 2.05) is 60.7 Å². The molecule has 1 aliphatic carbocycles. The van der Waals surface area contributed by atoms with Gasteiger partial charge < -0.3 is 4.57 Å². The Morgan fingerprint density at radius 3 is 1.67 bits per heavy atom. The molecule has 0 bridgehead atoms. The Labute approximate surface area is 263 Å². The quantitative estimate of drug-likeness (QED) is 0.203. The lowest BCUT2D eigenvalue weighted by Crippen LogP contribution is -2.05. The van der Waals surface area contributed by atoms with Crippen LogP contribution < -0.4 is 0 Å². The SMILES string of the molecule is Cc1ccc2c(c1)c1c(n2-c2ccc(-c3ccc(-c4nc(-c5ccccc5)nc(-c5ccccc5)n4)cc3)cc2)C=CC(C)C1. The van der Waals surface area contributed by atoms with Gasteiger partial charge in [0, 0.05) is 33.5 Å². The van der Waals surface area contributed by atoms with Crippen molar-refractivity contribution in [2.24, 2.45) is 5.92 Å². The lowest BCUT2D eigenvalue weighted by molar-refractivity contribution is 0.717.